The Balaban J connectivity index is 1.20. The normalized spacial score (nSPS) is 45.9. The molecule has 7 heteroatoms. The molecule has 33 heavy (non-hydrogen) atoms. The van der Waals surface area contributed by atoms with Gasteiger partial charge in [-0.05, 0) is 101 Å². The summed E-state index contributed by atoms with van der Waals surface area (Å²) in [6, 6.07) is 0. The minimum atomic E-state index is -0.557. The number of methoxy groups -OCH3 is 1. The Bertz CT molecular complexity index is 923. The first-order valence-electron chi connectivity index (χ1n) is 12.6. The zero-order valence-corrected chi connectivity index (χ0v) is 20.8. The molecule has 7 rings (SSSR count). The van der Waals surface area contributed by atoms with E-state index in [0.29, 0.717) is 48.6 Å². The largest absolute Gasteiger partial charge is 0.469 e. The summed E-state index contributed by atoms with van der Waals surface area (Å²) in [7, 11) is 1.50. The van der Waals surface area contributed by atoms with Crippen LogP contribution >= 0.6 is 0 Å². The van der Waals surface area contributed by atoms with E-state index in [1.807, 2.05) is 41.5 Å². The molecule has 1 heterocycles. The van der Waals surface area contributed by atoms with Crippen LogP contribution in [-0.4, -0.2) is 54.3 Å². The summed E-state index contributed by atoms with van der Waals surface area (Å²) in [6.07, 6.45) is 1.25. The van der Waals surface area contributed by atoms with Gasteiger partial charge in [0.05, 0.1) is 18.4 Å². The van der Waals surface area contributed by atoms with E-state index in [-0.39, 0.29) is 40.7 Å². The molecule has 7 fully saturated rings. The van der Waals surface area contributed by atoms with Crippen molar-refractivity contribution in [3.63, 3.8) is 0 Å². The molecule has 0 aromatic heterocycles. The summed E-state index contributed by atoms with van der Waals surface area (Å²) in [4.78, 5) is 40.5. The van der Waals surface area contributed by atoms with Crippen LogP contribution < -0.4 is 0 Å². The van der Waals surface area contributed by atoms with E-state index in [1.165, 1.54) is 7.11 Å². The molecule has 0 aromatic rings. The highest BCUT2D eigenvalue weighted by molar-refractivity contribution is 5.89. The molecule has 7 nitrogen and oxygen atoms in total. The second-order valence-electron chi connectivity index (χ2n) is 13.5. The van der Waals surface area contributed by atoms with Crippen LogP contribution in [-0.2, 0) is 23.8 Å². The number of carbonyl (C=O) groups is 3. The van der Waals surface area contributed by atoms with Crippen molar-refractivity contribution in [1.29, 1.82) is 0 Å². The lowest BCUT2D eigenvalue weighted by molar-refractivity contribution is -0.646. The lowest BCUT2D eigenvalue weighted by Crippen LogP contribution is -3.11. The molecule has 7 aliphatic rings. The summed E-state index contributed by atoms with van der Waals surface area (Å²) >= 11 is 0. The molecule has 4 unspecified atom stereocenters. The average Bonchev–Trinajstić information content (AvgIpc) is 3.18. The Labute approximate surface area is 195 Å². The van der Waals surface area contributed by atoms with Crippen LogP contribution in [0.25, 0.3) is 0 Å². The van der Waals surface area contributed by atoms with Gasteiger partial charge in [-0.1, -0.05) is 0 Å². The van der Waals surface area contributed by atoms with Gasteiger partial charge in [0.2, 0.25) is 0 Å². The highest BCUT2D eigenvalue weighted by Gasteiger charge is 3.11. The molecule has 1 aliphatic heterocycles. The van der Waals surface area contributed by atoms with Crippen molar-refractivity contribution in [3.05, 3.63) is 0 Å². The fourth-order valence-electron chi connectivity index (χ4n) is 9.65. The number of ether oxygens (including phenoxy) is 3. The van der Waals surface area contributed by atoms with Crippen LogP contribution in [0.2, 0.25) is 0 Å². The number of hydrogen-bond acceptors (Lipinski definition) is 6. The van der Waals surface area contributed by atoms with E-state index in [1.54, 1.807) is 4.90 Å². The Hall–Kier alpha value is -1.79. The maximum absolute atomic E-state index is 13.4. The number of rotatable bonds is 5. The summed E-state index contributed by atoms with van der Waals surface area (Å²) in [6.45, 7) is 12.4. The van der Waals surface area contributed by atoms with Crippen LogP contribution in [0.4, 0.5) is 4.79 Å². The third kappa shape index (κ3) is 2.30. The molecule has 1 amide bonds. The molecule has 6 saturated carbocycles. The van der Waals surface area contributed by atoms with Crippen molar-refractivity contribution in [2.75, 3.05) is 20.2 Å². The molecule has 1 saturated heterocycles. The zero-order chi connectivity index (χ0) is 23.9. The van der Waals surface area contributed by atoms with Crippen LogP contribution in [0.3, 0.4) is 0 Å². The number of hydrogen-bond donors (Lipinski definition) is 0. The van der Waals surface area contributed by atoms with Gasteiger partial charge in [0.1, 0.15) is 11.2 Å². The number of esters is 2. The first kappa shape index (κ1) is 21.7. The third-order valence-corrected chi connectivity index (χ3v) is 10.1. The predicted molar refractivity (Wildman–Crippen MR) is 118 cm³/mol. The minimum Gasteiger partial charge on any atom is -0.469 e. The second-order valence-corrected chi connectivity index (χ2v) is 13.5. The number of amides is 1. The van der Waals surface area contributed by atoms with Gasteiger partial charge >= 0.3 is 18.0 Å². The van der Waals surface area contributed by atoms with Crippen molar-refractivity contribution < 1.29 is 28.6 Å². The van der Waals surface area contributed by atoms with Crippen LogP contribution in [0.1, 0.15) is 54.4 Å². The number of nitrogens with zero attached hydrogens (tertiary/aromatic N) is 1. The van der Waals surface area contributed by atoms with Crippen molar-refractivity contribution in [2.45, 2.75) is 65.6 Å². The van der Waals surface area contributed by atoms with E-state index >= 15 is 0 Å². The van der Waals surface area contributed by atoms with E-state index in [4.69, 9.17) is 14.2 Å². The van der Waals surface area contributed by atoms with Gasteiger partial charge in [-0.15, -0.1) is 0 Å². The van der Waals surface area contributed by atoms with Gasteiger partial charge in [-0.2, -0.15) is 0 Å². The predicted octanol–water partition coefficient (Wildman–Crippen LogP) is 3.50. The van der Waals surface area contributed by atoms with E-state index in [2.05, 4.69) is 0 Å². The number of carbonyl (C=O) groups excluding carboxylic acids is 3. The summed E-state index contributed by atoms with van der Waals surface area (Å²) in [5.41, 5.74) is -1.20. The Morgan fingerprint density at radius 1 is 0.970 bits per heavy atom. The molecule has 0 radical (unpaired) electrons. The Kier molecular flexibility index (Phi) is 3.99. The van der Waals surface area contributed by atoms with E-state index < -0.39 is 11.2 Å². The van der Waals surface area contributed by atoms with Crippen LogP contribution in [0, 0.1) is 58.2 Å². The zero-order valence-electron chi connectivity index (χ0n) is 20.8. The lowest BCUT2D eigenvalue weighted by atomic mass is 8.92. The quantitative estimate of drug-likeness (QED) is 0.462. The van der Waals surface area contributed by atoms with Crippen molar-refractivity contribution in [3.8, 4) is 0 Å². The van der Waals surface area contributed by atoms with E-state index in [9.17, 15) is 14.4 Å². The SMILES string of the molecule is COC(=O)C12C3C4C5C3C1C5(C[C@H](C(=O)OC(C)(C)C)[C@H]1CCN(C(=O)OC(C)(C)C)C1)C42. The van der Waals surface area contributed by atoms with Crippen molar-refractivity contribution in [1.82, 2.24) is 4.90 Å². The highest BCUT2D eigenvalue weighted by atomic mass is 16.6. The molecule has 0 bridgehead atoms. The monoisotopic (exact) mass is 459 g/mol. The average molecular weight is 460 g/mol. The van der Waals surface area contributed by atoms with Gasteiger partial charge < -0.3 is 19.1 Å². The number of likely N-dealkylation sites (tertiary alicyclic amines) is 1. The maximum atomic E-state index is 13.4. The van der Waals surface area contributed by atoms with Gasteiger partial charge in [-0.25, -0.2) is 4.79 Å². The van der Waals surface area contributed by atoms with Gasteiger partial charge in [-0.3, -0.25) is 9.59 Å². The van der Waals surface area contributed by atoms with Crippen molar-refractivity contribution >= 4 is 18.0 Å². The smallest absolute Gasteiger partial charge is 0.410 e. The van der Waals surface area contributed by atoms with Crippen molar-refractivity contribution in [2.24, 2.45) is 58.2 Å². The Morgan fingerprint density at radius 2 is 1.58 bits per heavy atom. The molecule has 0 spiro atoms. The lowest BCUT2D eigenvalue weighted by Gasteiger charge is -3.10. The fourth-order valence-corrected chi connectivity index (χ4v) is 9.65. The molecule has 6 aliphatic carbocycles. The molecule has 6 atom stereocenters. The van der Waals surface area contributed by atoms with Crippen LogP contribution in [0.5, 0.6) is 0 Å². The molecule has 0 N–H and O–H groups in total. The first-order valence-corrected chi connectivity index (χ1v) is 12.6. The molecule has 0 aromatic carbocycles. The third-order valence-electron chi connectivity index (χ3n) is 10.1. The van der Waals surface area contributed by atoms with E-state index in [0.717, 1.165) is 12.8 Å². The molecule has 182 valence electrons. The second kappa shape index (κ2) is 6.06. The Morgan fingerprint density at radius 3 is 2.12 bits per heavy atom. The minimum absolute atomic E-state index is 0.0189. The molecular weight excluding hydrogens is 422 g/mol. The van der Waals surface area contributed by atoms with Crippen LogP contribution in [0.15, 0.2) is 0 Å². The van der Waals surface area contributed by atoms with Gasteiger partial charge in [0.15, 0.2) is 0 Å². The van der Waals surface area contributed by atoms with Gasteiger partial charge in [0.25, 0.3) is 0 Å². The topological polar surface area (TPSA) is 82.1 Å². The first-order chi connectivity index (χ1) is 15.3. The summed E-state index contributed by atoms with van der Waals surface area (Å²) in [5, 5.41) is 0. The summed E-state index contributed by atoms with van der Waals surface area (Å²) < 4.78 is 16.7. The molecular formula is C26H37NO6. The fraction of sp³-hybridized carbons (Fsp3) is 0.885. The maximum Gasteiger partial charge on any atom is 0.410 e. The summed E-state index contributed by atoms with van der Waals surface area (Å²) in [5.74, 6) is 3.04. The highest BCUT2D eigenvalue weighted by Crippen LogP contribution is 3.11. The standard InChI is InChI=1S/C26H37NO6/c1-23(2,3)32-20(28)13(12-8-9-27(11-12)22(30)33-24(4,5)6)10-25-16-14-17-15(16)19(25)26(17,18(14)25)21(29)31-7/h12-19H,8-11H2,1-7H3/t12-,13-,14?,15?,16?,17?,18?,19?,25?,26?/m0/s1. The van der Waals surface area contributed by atoms with Gasteiger partial charge in [0, 0.05) is 13.1 Å².